The Bertz CT molecular complexity index is 651. The molecule has 1 aliphatic rings. The highest BCUT2D eigenvalue weighted by Crippen LogP contribution is 2.30. The highest BCUT2D eigenvalue weighted by molar-refractivity contribution is 5.76. The Morgan fingerprint density at radius 2 is 1.64 bits per heavy atom. The van der Waals surface area contributed by atoms with Crippen LogP contribution in [0.3, 0.4) is 0 Å². The number of likely N-dealkylation sites (tertiary alicyclic amines) is 1. The Hall–Kier alpha value is -2.33. The highest BCUT2D eigenvalue weighted by atomic mass is 16.5. The molecule has 1 unspecified atom stereocenters. The molecule has 0 saturated carbocycles. The summed E-state index contributed by atoms with van der Waals surface area (Å²) in [6, 6.07) is 19.3. The number of rotatable bonds is 6. The van der Waals surface area contributed by atoms with Crippen LogP contribution in [-0.2, 0) is 4.79 Å². The lowest BCUT2D eigenvalue weighted by Crippen LogP contribution is -2.40. The Morgan fingerprint density at radius 3 is 2.28 bits per heavy atom. The summed E-state index contributed by atoms with van der Waals surface area (Å²) in [6.45, 7) is 1.81. The Morgan fingerprint density at radius 1 is 1.04 bits per heavy atom. The van der Waals surface area contributed by atoms with Crippen molar-refractivity contribution in [2.75, 3.05) is 19.7 Å². The first-order valence-corrected chi connectivity index (χ1v) is 8.92. The number of benzene rings is 2. The number of aliphatic hydroxyl groups is 1. The van der Waals surface area contributed by atoms with Crippen LogP contribution >= 0.6 is 0 Å². The Kier molecular flexibility index (Phi) is 6.07. The molecule has 0 bridgehead atoms. The van der Waals surface area contributed by atoms with Crippen LogP contribution in [0.1, 0.15) is 30.9 Å². The fraction of sp³-hybridized carbons (Fsp3) is 0.381. The van der Waals surface area contributed by atoms with Crippen LogP contribution in [0.2, 0.25) is 0 Å². The molecular weight excluding hydrogens is 314 g/mol. The van der Waals surface area contributed by atoms with Crippen molar-refractivity contribution in [1.82, 2.24) is 4.90 Å². The van der Waals surface area contributed by atoms with E-state index in [1.165, 1.54) is 0 Å². The van der Waals surface area contributed by atoms with Gasteiger partial charge in [-0.05, 0) is 36.5 Å². The van der Waals surface area contributed by atoms with Crippen molar-refractivity contribution < 1.29 is 14.6 Å². The van der Waals surface area contributed by atoms with Gasteiger partial charge >= 0.3 is 0 Å². The van der Waals surface area contributed by atoms with Crippen LogP contribution in [0.15, 0.2) is 60.7 Å². The van der Waals surface area contributed by atoms with E-state index in [0.717, 1.165) is 24.2 Å². The van der Waals surface area contributed by atoms with Gasteiger partial charge in [0.15, 0.2) is 0 Å². The minimum Gasteiger partial charge on any atom is -0.493 e. The van der Waals surface area contributed by atoms with Gasteiger partial charge in [-0.3, -0.25) is 4.79 Å². The Balaban J connectivity index is 1.41. The van der Waals surface area contributed by atoms with Gasteiger partial charge in [0.05, 0.1) is 19.1 Å². The second kappa shape index (κ2) is 8.67. The molecule has 0 radical (unpaired) electrons. The number of carbonyl (C=O) groups is 1. The quantitative estimate of drug-likeness (QED) is 0.877. The molecule has 1 atom stereocenters. The molecular formula is C21H25NO3. The van der Waals surface area contributed by atoms with Gasteiger partial charge < -0.3 is 14.7 Å². The van der Waals surface area contributed by atoms with E-state index >= 15 is 0 Å². The largest absolute Gasteiger partial charge is 0.493 e. The second-order valence-corrected chi connectivity index (χ2v) is 6.49. The molecule has 0 spiro atoms. The molecule has 25 heavy (non-hydrogen) atoms. The number of aliphatic hydroxyl groups excluding tert-OH is 1. The number of nitrogens with zero attached hydrogens (tertiary/aromatic N) is 1. The summed E-state index contributed by atoms with van der Waals surface area (Å²) in [5.74, 6) is 1.13. The van der Waals surface area contributed by atoms with Crippen molar-refractivity contribution in [3.05, 3.63) is 66.2 Å². The molecule has 2 aromatic carbocycles. The van der Waals surface area contributed by atoms with E-state index in [1.54, 1.807) is 0 Å². The zero-order chi connectivity index (χ0) is 17.5. The number of carbonyl (C=O) groups excluding carboxylic acids is 1. The normalized spacial score (nSPS) is 16.4. The predicted octanol–water partition coefficient (Wildman–Crippen LogP) is 3.43. The molecule has 3 rings (SSSR count). The standard InChI is InChI=1S/C21H25NO3/c23-20(13-16-25-19-9-5-2-6-10-19)22-14-11-18(12-15-22)21(24)17-7-3-1-4-8-17/h1-10,18,21,24H,11-16H2. The van der Waals surface area contributed by atoms with Crippen molar-refractivity contribution in [2.45, 2.75) is 25.4 Å². The molecule has 4 heteroatoms. The second-order valence-electron chi connectivity index (χ2n) is 6.49. The number of amides is 1. The van der Waals surface area contributed by atoms with E-state index in [1.807, 2.05) is 65.6 Å². The first-order valence-electron chi connectivity index (χ1n) is 8.92. The molecule has 1 heterocycles. The lowest BCUT2D eigenvalue weighted by molar-refractivity contribution is -0.133. The third-order valence-electron chi connectivity index (χ3n) is 4.81. The van der Waals surface area contributed by atoms with Crippen LogP contribution in [0, 0.1) is 5.92 Å². The summed E-state index contributed by atoms with van der Waals surface area (Å²) >= 11 is 0. The Labute approximate surface area is 149 Å². The number of hydrogen-bond donors (Lipinski definition) is 1. The number of hydrogen-bond acceptors (Lipinski definition) is 3. The maximum atomic E-state index is 12.3. The molecule has 1 saturated heterocycles. The van der Waals surface area contributed by atoms with Gasteiger partial charge in [-0.2, -0.15) is 0 Å². The average Bonchev–Trinajstić information content (AvgIpc) is 2.69. The van der Waals surface area contributed by atoms with E-state index in [2.05, 4.69) is 0 Å². The molecule has 2 aromatic rings. The number of piperidine rings is 1. The zero-order valence-corrected chi connectivity index (χ0v) is 14.4. The molecule has 1 aliphatic heterocycles. The van der Waals surface area contributed by atoms with Gasteiger partial charge in [-0.15, -0.1) is 0 Å². The van der Waals surface area contributed by atoms with Crippen LogP contribution in [0.4, 0.5) is 0 Å². The molecule has 0 aliphatic carbocycles. The maximum absolute atomic E-state index is 12.3. The van der Waals surface area contributed by atoms with E-state index in [9.17, 15) is 9.90 Å². The SMILES string of the molecule is O=C(CCOc1ccccc1)N1CCC(C(O)c2ccccc2)CC1. The molecule has 1 N–H and O–H groups in total. The lowest BCUT2D eigenvalue weighted by Gasteiger charge is -2.34. The summed E-state index contributed by atoms with van der Waals surface area (Å²) in [7, 11) is 0. The summed E-state index contributed by atoms with van der Waals surface area (Å²) in [6.07, 6.45) is 1.61. The van der Waals surface area contributed by atoms with E-state index in [0.29, 0.717) is 26.1 Å². The summed E-state index contributed by atoms with van der Waals surface area (Å²) in [5, 5.41) is 10.5. The van der Waals surface area contributed by atoms with E-state index in [-0.39, 0.29) is 11.8 Å². The summed E-state index contributed by atoms with van der Waals surface area (Å²) in [4.78, 5) is 14.2. The van der Waals surface area contributed by atoms with Crippen molar-refractivity contribution in [1.29, 1.82) is 0 Å². The van der Waals surface area contributed by atoms with Gasteiger partial charge in [-0.25, -0.2) is 0 Å². The summed E-state index contributed by atoms with van der Waals surface area (Å²) in [5.41, 5.74) is 0.962. The van der Waals surface area contributed by atoms with Crippen molar-refractivity contribution in [3.8, 4) is 5.75 Å². The minimum atomic E-state index is -0.445. The molecule has 132 valence electrons. The third-order valence-corrected chi connectivity index (χ3v) is 4.81. The zero-order valence-electron chi connectivity index (χ0n) is 14.4. The lowest BCUT2D eigenvalue weighted by atomic mass is 9.87. The predicted molar refractivity (Wildman–Crippen MR) is 97.3 cm³/mol. The number of ether oxygens (including phenoxy) is 1. The first-order chi connectivity index (χ1) is 12.2. The van der Waals surface area contributed by atoms with Crippen LogP contribution in [0.25, 0.3) is 0 Å². The first kappa shape index (κ1) is 17.5. The van der Waals surface area contributed by atoms with Gasteiger partial charge in [0.1, 0.15) is 5.75 Å². The molecule has 1 fully saturated rings. The van der Waals surface area contributed by atoms with Crippen molar-refractivity contribution in [3.63, 3.8) is 0 Å². The smallest absolute Gasteiger partial charge is 0.225 e. The fourth-order valence-electron chi connectivity index (χ4n) is 3.32. The highest BCUT2D eigenvalue weighted by Gasteiger charge is 2.28. The monoisotopic (exact) mass is 339 g/mol. The maximum Gasteiger partial charge on any atom is 0.225 e. The van der Waals surface area contributed by atoms with Gasteiger partial charge in [0.25, 0.3) is 0 Å². The number of para-hydroxylation sites is 1. The van der Waals surface area contributed by atoms with Crippen molar-refractivity contribution >= 4 is 5.91 Å². The van der Waals surface area contributed by atoms with E-state index < -0.39 is 6.10 Å². The van der Waals surface area contributed by atoms with Crippen molar-refractivity contribution in [2.24, 2.45) is 5.92 Å². The van der Waals surface area contributed by atoms with Crippen LogP contribution < -0.4 is 4.74 Å². The fourth-order valence-corrected chi connectivity index (χ4v) is 3.32. The van der Waals surface area contributed by atoms with Crippen LogP contribution in [-0.4, -0.2) is 35.6 Å². The molecule has 1 amide bonds. The van der Waals surface area contributed by atoms with E-state index in [4.69, 9.17) is 4.74 Å². The van der Waals surface area contributed by atoms with Gasteiger partial charge in [0, 0.05) is 13.1 Å². The van der Waals surface area contributed by atoms with Gasteiger partial charge in [-0.1, -0.05) is 48.5 Å². The summed E-state index contributed by atoms with van der Waals surface area (Å²) < 4.78 is 5.60. The molecule has 0 aromatic heterocycles. The average molecular weight is 339 g/mol. The molecule has 4 nitrogen and oxygen atoms in total. The topological polar surface area (TPSA) is 49.8 Å². The minimum absolute atomic E-state index is 0.128. The van der Waals surface area contributed by atoms with Crippen LogP contribution in [0.5, 0.6) is 5.75 Å². The third kappa shape index (κ3) is 4.83. The van der Waals surface area contributed by atoms with Gasteiger partial charge in [0.2, 0.25) is 5.91 Å².